The van der Waals surface area contributed by atoms with Crippen molar-refractivity contribution in [2.75, 3.05) is 13.2 Å². The molecule has 4 rings (SSSR count). The Morgan fingerprint density at radius 1 is 1.08 bits per heavy atom. The van der Waals surface area contributed by atoms with Crippen molar-refractivity contribution >= 4 is 0 Å². The van der Waals surface area contributed by atoms with E-state index in [1.165, 1.54) is 12.0 Å². The lowest BCUT2D eigenvalue weighted by Crippen LogP contribution is -2.22. The first-order valence-corrected chi connectivity index (χ1v) is 9.18. The largest absolute Gasteiger partial charge is 0.494 e. The van der Waals surface area contributed by atoms with Crippen LogP contribution >= 0.6 is 0 Å². The summed E-state index contributed by atoms with van der Waals surface area (Å²) < 4.78 is 11.4. The highest BCUT2D eigenvalue weighted by atomic mass is 16.5. The van der Waals surface area contributed by atoms with E-state index < -0.39 is 0 Å². The van der Waals surface area contributed by atoms with E-state index in [2.05, 4.69) is 39.4 Å². The Kier molecular flexibility index (Phi) is 4.97. The number of likely N-dealkylation sites (tertiary alicyclic amines) is 1. The lowest BCUT2D eigenvalue weighted by Gasteiger charge is -2.23. The minimum atomic E-state index is 0.387. The molecule has 0 bridgehead atoms. The van der Waals surface area contributed by atoms with Crippen molar-refractivity contribution in [3.05, 3.63) is 66.1 Å². The first kappa shape index (κ1) is 16.8. The zero-order valence-electron chi connectivity index (χ0n) is 15.0. The second-order valence-electron chi connectivity index (χ2n) is 6.50. The van der Waals surface area contributed by atoms with Crippen LogP contribution in [0.1, 0.15) is 37.3 Å². The summed E-state index contributed by atoms with van der Waals surface area (Å²) in [4.78, 5) is 2.41. The van der Waals surface area contributed by atoms with E-state index in [0.29, 0.717) is 31.0 Å². The summed E-state index contributed by atoms with van der Waals surface area (Å²) >= 11 is 0. The molecule has 0 spiro atoms. The van der Waals surface area contributed by atoms with Crippen LogP contribution in [0.25, 0.3) is 11.5 Å². The quantitative estimate of drug-likeness (QED) is 0.657. The average Bonchev–Trinajstić information content (AvgIpc) is 3.34. The first-order valence-electron chi connectivity index (χ1n) is 9.18. The third kappa shape index (κ3) is 3.63. The van der Waals surface area contributed by atoms with Gasteiger partial charge in [0.25, 0.3) is 0 Å². The van der Waals surface area contributed by atoms with Crippen LogP contribution in [0.3, 0.4) is 0 Å². The molecule has 1 fully saturated rings. The van der Waals surface area contributed by atoms with Gasteiger partial charge in [-0.15, -0.1) is 10.2 Å². The summed E-state index contributed by atoms with van der Waals surface area (Å²) in [6, 6.07) is 18.7. The molecule has 5 heteroatoms. The highest BCUT2D eigenvalue weighted by Gasteiger charge is 2.27. The number of hydrogen-bond acceptors (Lipinski definition) is 5. The van der Waals surface area contributed by atoms with Gasteiger partial charge in [-0.2, -0.15) is 0 Å². The highest BCUT2D eigenvalue weighted by molar-refractivity contribution is 5.51. The molecule has 2 aromatic carbocycles. The summed E-state index contributed by atoms with van der Waals surface area (Å²) in [6.45, 7) is 4.41. The van der Waals surface area contributed by atoms with Crippen LogP contribution in [0.2, 0.25) is 0 Å². The van der Waals surface area contributed by atoms with Crippen molar-refractivity contribution < 1.29 is 9.15 Å². The van der Waals surface area contributed by atoms with Crippen LogP contribution in [0.5, 0.6) is 5.75 Å². The molecule has 26 heavy (non-hydrogen) atoms. The number of hydrogen-bond donors (Lipinski definition) is 0. The van der Waals surface area contributed by atoms with Crippen molar-refractivity contribution in [1.82, 2.24) is 15.1 Å². The standard InChI is InChI=1S/C21H23N3O2/c1-2-25-18-12-10-16(11-13-18)19-9-6-14-24(19)15-20-22-23-21(26-20)17-7-4-3-5-8-17/h3-5,7-8,10-13,19H,2,6,9,14-15H2,1H3. The zero-order chi connectivity index (χ0) is 17.8. The molecule has 1 aliphatic heterocycles. The Hall–Kier alpha value is -2.66. The van der Waals surface area contributed by atoms with Crippen LogP contribution in [0.15, 0.2) is 59.0 Å². The van der Waals surface area contributed by atoms with Crippen LogP contribution < -0.4 is 4.74 Å². The highest BCUT2D eigenvalue weighted by Crippen LogP contribution is 2.34. The van der Waals surface area contributed by atoms with Crippen molar-refractivity contribution in [3.8, 4) is 17.2 Å². The van der Waals surface area contributed by atoms with E-state index in [1.807, 2.05) is 37.3 Å². The van der Waals surface area contributed by atoms with Gasteiger partial charge in [-0.3, -0.25) is 4.90 Å². The van der Waals surface area contributed by atoms with E-state index in [0.717, 1.165) is 24.3 Å². The Balaban J connectivity index is 1.46. The molecular formula is C21H23N3O2. The van der Waals surface area contributed by atoms with Gasteiger partial charge in [-0.25, -0.2) is 0 Å². The number of rotatable bonds is 6. The van der Waals surface area contributed by atoms with Crippen molar-refractivity contribution in [1.29, 1.82) is 0 Å². The molecule has 134 valence electrons. The van der Waals surface area contributed by atoms with Crippen LogP contribution in [0.4, 0.5) is 0 Å². The number of benzene rings is 2. The van der Waals surface area contributed by atoms with Gasteiger partial charge in [0.05, 0.1) is 13.2 Å². The van der Waals surface area contributed by atoms with Gasteiger partial charge in [-0.1, -0.05) is 30.3 Å². The predicted octanol–water partition coefficient (Wildman–Crippen LogP) is 4.47. The molecule has 0 amide bonds. The normalized spacial score (nSPS) is 17.5. The minimum absolute atomic E-state index is 0.387. The average molecular weight is 349 g/mol. The monoisotopic (exact) mass is 349 g/mol. The SMILES string of the molecule is CCOc1ccc(C2CCCN2Cc2nnc(-c3ccccc3)o2)cc1. The maximum atomic E-state index is 5.88. The van der Waals surface area contributed by atoms with Gasteiger partial charge in [0.1, 0.15) is 5.75 Å². The van der Waals surface area contributed by atoms with Crippen LogP contribution in [0, 0.1) is 0 Å². The van der Waals surface area contributed by atoms with Crippen molar-refractivity contribution in [2.45, 2.75) is 32.4 Å². The molecule has 0 saturated carbocycles. The van der Waals surface area contributed by atoms with Crippen LogP contribution in [-0.2, 0) is 6.54 Å². The van der Waals surface area contributed by atoms with E-state index in [-0.39, 0.29) is 0 Å². The molecule has 0 aliphatic carbocycles. The number of nitrogens with zero attached hydrogens (tertiary/aromatic N) is 3. The first-order chi connectivity index (χ1) is 12.8. The molecule has 0 radical (unpaired) electrons. The molecule has 2 heterocycles. The maximum absolute atomic E-state index is 5.88. The minimum Gasteiger partial charge on any atom is -0.494 e. The van der Waals surface area contributed by atoms with Gasteiger partial charge in [-0.05, 0) is 56.1 Å². The summed E-state index contributed by atoms with van der Waals surface area (Å²) in [5.41, 5.74) is 2.27. The molecule has 1 unspecified atom stereocenters. The van der Waals surface area contributed by atoms with E-state index in [1.54, 1.807) is 0 Å². The van der Waals surface area contributed by atoms with Gasteiger partial charge in [0.15, 0.2) is 0 Å². The Morgan fingerprint density at radius 2 is 1.88 bits per heavy atom. The summed E-state index contributed by atoms with van der Waals surface area (Å²) in [5.74, 6) is 2.17. The van der Waals surface area contributed by atoms with E-state index in [4.69, 9.17) is 9.15 Å². The lowest BCUT2D eigenvalue weighted by atomic mass is 10.0. The maximum Gasteiger partial charge on any atom is 0.247 e. The number of aromatic nitrogens is 2. The Bertz CT molecular complexity index is 830. The molecule has 0 N–H and O–H groups in total. The Morgan fingerprint density at radius 3 is 2.65 bits per heavy atom. The topological polar surface area (TPSA) is 51.4 Å². The fraction of sp³-hybridized carbons (Fsp3) is 0.333. The third-order valence-electron chi connectivity index (χ3n) is 4.77. The second kappa shape index (κ2) is 7.70. The Labute approximate surface area is 153 Å². The van der Waals surface area contributed by atoms with E-state index >= 15 is 0 Å². The number of ether oxygens (including phenoxy) is 1. The molecule has 1 saturated heterocycles. The summed E-state index contributed by atoms with van der Waals surface area (Å²) in [6.07, 6.45) is 2.32. The van der Waals surface area contributed by atoms with Gasteiger partial charge < -0.3 is 9.15 Å². The lowest BCUT2D eigenvalue weighted by molar-refractivity contribution is 0.224. The smallest absolute Gasteiger partial charge is 0.247 e. The molecule has 1 atom stereocenters. The fourth-order valence-electron chi connectivity index (χ4n) is 3.53. The molecular weight excluding hydrogens is 326 g/mol. The fourth-order valence-corrected chi connectivity index (χ4v) is 3.53. The van der Waals surface area contributed by atoms with Gasteiger partial charge >= 0.3 is 0 Å². The van der Waals surface area contributed by atoms with Crippen molar-refractivity contribution in [2.24, 2.45) is 0 Å². The van der Waals surface area contributed by atoms with Crippen LogP contribution in [-0.4, -0.2) is 28.2 Å². The molecule has 1 aliphatic rings. The van der Waals surface area contributed by atoms with Crippen molar-refractivity contribution in [3.63, 3.8) is 0 Å². The summed E-state index contributed by atoms with van der Waals surface area (Å²) in [5, 5.41) is 8.44. The van der Waals surface area contributed by atoms with Gasteiger partial charge in [0.2, 0.25) is 11.8 Å². The summed E-state index contributed by atoms with van der Waals surface area (Å²) in [7, 11) is 0. The third-order valence-corrected chi connectivity index (χ3v) is 4.77. The molecule has 3 aromatic rings. The predicted molar refractivity (Wildman–Crippen MR) is 99.7 cm³/mol. The zero-order valence-corrected chi connectivity index (χ0v) is 15.0. The molecule has 1 aromatic heterocycles. The van der Waals surface area contributed by atoms with Gasteiger partial charge in [0, 0.05) is 11.6 Å². The van der Waals surface area contributed by atoms with E-state index in [9.17, 15) is 0 Å². The second-order valence-corrected chi connectivity index (χ2v) is 6.50. The molecule has 5 nitrogen and oxygen atoms in total.